The molecule has 0 bridgehead atoms. The van der Waals surface area contributed by atoms with E-state index in [1.807, 2.05) is 6.92 Å². The van der Waals surface area contributed by atoms with Crippen molar-refractivity contribution in [2.24, 2.45) is 11.8 Å². The molecule has 0 unspecified atom stereocenters. The van der Waals surface area contributed by atoms with Crippen LogP contribution < -0.4 is 0 Å². The summed E-state index contributed by atoms with van der Waals surface area (Å²) in [5, 5.41) is 22.6. The first-order valence-electron chi connectivity index (χ1n) is 14.2. The standard InChI is InChI=1S/C33H35ClFNO6/c1-4-32(40,22-14-16-42-17-15-22)24-18-26-28(27(35)19-24)33(41-3,23-10-12-25(34)13-11-23)36(30(26)37)29(20(2)31(38)39)21-8-6-5-7-9-21/h5-13,18-20,22,29,40H,4,14-17H2,1-3H3,(H,38,39)/t20-,29-,32-,33+/m0/s1. The Kier molecular flexibility index (Phi) is 8.45. The molecule has 0 aliphatic carbocycles. The number of carbonyl (C=O) groups is 2. The molecule has 3 aromatic carbocycles. The van der Waals surface area contributed by atoms with E-state index in [4.69, 9.17) is 21.1 Å². The highest BCUT2D eigenvalue weighted by Crippen LogP contribution is 2.53. The molecule has 0 saturated carbocycles. The number of ether oxygens (including phenoxy) is 2. The van der Waals surface area contributed by atoms with Crippen LogP contribution in [0.1, 0.15) is 71.8 Å². The van der Waals surface area contributed by atoms with Gasteiger partial charge >= 0.3 is 5.97 Å². The third-order valence-corrected chi connectivity index (χ3v) is 9.22. The normalized spacial score (nSPS) is 22.0. The summed E-state index contributed by atoms with van der Waals surface area (Å²) in [5.41, 5.74) is -1.99. The second kappa shape index (κ2) is 11.8. The van der Waals surface area contributed by atoms with E-state index in [2.05, 4.69) is 0 Å². The first kappa shape index (κ1) is 30.2. The maximum absolute atomic E-state index is 16.7. The van der Waals surface area contributed by atoms with Gasteiger partial charge in [0.2, 0.25) is 0 Å². The number of nitrogens with zero attached hydrogens (tertiary/aromatic N) is 1. The third kappa shape index (κ3) is 4.80. The van der Waals surface area contributed by atoms with Crippen molar-refractivity contribution in [1.29, 1.82) is 0 Å². The van der Waals surface area contributed by atoms with Gasteiger partial charge < -0.3 is 19.7 Å². The van der Waals surface area contributed by atoms with Gasteiger partial charge in [-0.15, -0.1) is 0 Å². The number of aliphatic hydroxyl groups is 1. The van der Waals surface area contributed by atoms with Crippen LogP contribution >= 0.6 is 11.6 Å². The number of carboxylic acid groups (broad SMARTS) is 1. The van der Waals surface area contributed by atoms with Gasteiger partial charge in [-0.1, -0.05) is 61.0 Å². The van der Waals surface area contributed by atoms with Crippen LogP contribution in [0, 0.1) is 17.7 Å². The second-order valence-electron chi connectivity index (χ2n) is 11.1. The number of halogens is 2. The molecule has 2 heterocycles. The van der Waals surface area contributed by atoms with Crippen molar-refractivity contribution in [2.45, 2.75) is 50.5 Å². The molecule has 0 spiro atoms. The molecule has 1 saturated heterocycles. The number of aliphatic carboxylic acids is 1. The lowest BCUT2D eigenvalue weighted by atomic mass is 9.74. The summed E-state index contributed by atoms with van der Waals surface area (Å²) in [5.74, 6) is -3.74. The Balaban J connectivity index is 1.79. The Labute approximate surface area is 249 Å². The summed E-state index contributed by atoms with van der Waals surface area (Å²) in [6.45, 7) is 4.33. The minimum absolute atomic E-state index is 0.0132. The van der Waals surface area contributed by atoms with Gasteiger partial charge in [-0.25, -0.2) is 4.39 Å². The molecule has 9 heteroatoms. The predicted molar refractivity (Wildman–Crippen MR) is 156 cm³/mol. The average Bonchev–Trinajstić information content (AvgIpc) is 3.26. The van der Waals surface area contributed by atoms with E-state index in [0.29, 0.717) is 54.2 Å². The molecule has 7 nitrogen and oxygen atoms in total. The molecule has 0 aromatic heterocycles. The number of amides is 1. The predicted octanol–water partition coefficient (Wildman–Crippen LogP) is 6.27. The molecule has 2 aliphatic rings. The Bertz CT molecular complexity index is 1460. The van der Waals surface area contributed by atoms with Gasteiger partial charge in [0.25, 0.3) is 5.91 Å². The van der Waals surface area contributed by atoms with E-state index in [0.717, 1.165) is 0 Å². The molecule has 42 heavy (non-hydrogen) atoms. The third-order valence-electron chi connectivity index (χ3n) is 8.97. The smallest absolute Gasteiger partial charge is 0.308 e. The molecular formula is C33H35ClFNO6. The number of carboxylic acids is 1. The van der Waals surface area contributed by atoms with Crippen molar-refractivity contribution >= 4 is 23.5 Å². The number of rotatable bonds is 9. The van der Waals surface area contributed by atoms with Crippen LogP contribution in [-0.4, -0.2) is 47.3 Å². The van der Waals surface area contributed by atoms with Crippen LogP contribution in [0.25, 0.3) is 0 Å². The number of fused-ring (bicyclic) bond motifs is 1. The summed E-state index contributed by atoms with van der Waals surface area (Å²) in [4.78, 5) is 28.4. The quantitative estimate of drug-likeness (QED) is 0.303. The Morgan fingerprint density at radius 2 is 1.81 bits per heavy atom. The maximum Gasteiger partial charge on any atom is 0.308 e. The Morgan fingerprint density at radius 3 is 2.38 bits per heavy atom. The number of hydrogen-bond donors (Lipinski definition) is 2. The molecule has 5 rings (SSSR count). The van der Waals surface area contributed by atoms with E-state index in [-0.39, 0.29) is 17.0 Å². The van der Waals surface area contributed by atoms with E-state index >= 15 is 4.39 Å². The van der Waals surface area contributed by atoms with Crippen LogP contribution in [0.3, 0.4) is 0 Å². The summed E-state index contributed by atoms with van der Waals surface area (Å²) >= 11 is 6.20. The zero-order valence-corrected chi connectivity index (χ0v) is 24.6. The molecule has 2 aliphatic heterocycles. The monoisotopic (exact) mass is 595 g/mol. The highest BCUT2D eigenvalue weighted by molar-refractivity contribution is 6.30. The summed E-state index contributed by atoms with van der Waals surface area (Å²) in [6.07, 6.45) is 1.51. The van der Waals surface area contributed by atoms with E-state index in [1.165, 1.54) is 25.0 Å². The van der Waals surface area contributed by atoms with Gasteiger partial charge in [0, 0.05) is 30.9 Å². The maximum atomic E-state index is 16.7. The fourth-order valence-electron chi connectivity index (χ4n) is 6.71. The van der Waals surface area contributed by atoms with Crippen molar-refractivity contribution in [2.75, 3.05) is 20.3 Å². The van der Waals surface area contributed by atoms with Crippen LogP contribution in [-0.2, 0) is 25.6 Å². The molecule has 3 aromatic rings. The van der Waals surface area contributed by atoms with E-state index < -0.39 is 41.0 Å². The number of benzene rings is 3. The summed E-state index contributed by atoms with van der Waals surface area (Å²) in [6, 6.07) is 17.1. The van der Waals surface area contributed by atoms with Gasteiger partial charge in [-0.05, 0) is 67.5 Å². The fourth-order valence-corrected chi connectivity index (χ4v) is 6.84. The fraction of sp³-hybridized carbons (Fsp3) is 0.394. The van der Waals surface area contributed by atoms with E-state index in [9.17, 15) is 19.8 Å². The summed E-state index contributed by atoms with van der Waals surface area (Å²) in [7, 11) is 1.37. The summed E-state index contributed by atoms with van der Waals surface area (Å²) < 4.78 is 28.3. The SMILES string of the molecule is CC[C@@](O)(c1cc(F)c2c(c1)C(=O)N([C@H](c1ccccc1)[C@H](C)C(=O)O)[C@@]2(OC)c1ccc(Cl)cc1)C1CCOCC1. The largest absolute Gasteiger partial charge is 0.481 e. The molecule has 4 atom stereocenters. The van der Waals surface area contributed by atoms with Crippen LogP contribution in [0.2, 0.25) is 5.02 Å². The Hall–Kier alpha value is -3.30. The Morgan fingerprint density at radius 1 is 1.17 bits per heavy atom. The van der Waals surface area contributed by atoms with Gasteiger partial charge in [0.15, 0.2) is 5.72 Å². The molecule has 0 radical (unpaired) electrons. The van der Waals surface area contributed by atoms with Crippen LogP contribution in [0.5, 0.6) is 0 Å². The average molecular weight is 596 g/mol. The number of carbonyl (C=O) groups excluding carboxylic acids is 1. The lowest BCUT2D eigenvalue weighted by molar-refractivity contribution is -0.149. The van der Waals surface area contributed by atoms with Crippen molar-refractivity contribution in [3.63, 3.8) is 0 Å². The minimum Gasteiger partial charge on any atom is -0.481 e. The van der Waals surface area contributed by atoms with Gasteiger partial charge in [-0.3, -0.25) is 14.5 Å². The van der Waals surface area contributed by atoms with Gasteiger partial charge in [-0.2, -0.15) is 0 Å². The highest BCUT2D eigenvalue weighted by atomic mass is 35.5. The van der Waals surface area contributed by atoms with Crippen molar-refractivity contribution in [3.05, 3.63) is 105 Å². The van der Waals surface area contributed by atoms with Crippen molar-refractivity contribution < 1.29 is 33.7 Å². The molecule has 222 valence electrons. The number of hydrogen-bond acceptors (Lipinski definition) is 5. The lowest BCUT2D eigenvalue weighted by Gasteiger charge is -2.44. The van der Waals surface area contributed by atoms with Crippen LogP contribution in [0.4, 0.5) is 4.39 Å². The van der Waals surface area contributed by atoms with Gasteiger partial charge in [0.05, 0.1) is 28.7 Å². The number of methoxy groups -OCH3 is 1. The molecular weight excluding hydrogens is 561 g/mol. The van der Waals surface area contributed by atoms with Gasteiger partial charge in [0.1, 0.15) is 5.82 Å². The minimum atomic E-state index is -1.83. The molecule has 1 amide bonds. The topological polar surface area (TPSA) is 96.3 Å². The van der Waals surface area contributed by atoms with Crippen molar-refractivity contribution in [1.82, 2.24) is 4.90 Å². The molecule has 2 N–H and O–H groups in total. The van der Waals surface area contributed by atoms with Crippen molar-refractivity contribution in [3.8, 4) is 0 Å². The molecule has 1 fully saturated rings. The lowest BCUT2D eigenvalue weighted by Crippen LogP contribution is -2.51. The van der Waals surface area contributed by atoms with Crippen LogP contribution in [0.15, 0.2) is 66.7 Å². The zero-order chi connectivity index (χ0) is 30.2. The van der Waals surface area contributed by atoms with E-state index in [1.54, 1.807) is 60.7 Å². The first-order valence-corrected chi connectivity index (χ1v) is 14.5. The second-order valence-corrected chi connectivity index (χ2v) is 11.5. The zero-order valence-electron chi connectivity index (χ0n) is 23.8. The first-order chi connectivity index (χ1) is 20.1. The highest BCUT2D eigenvalue weighted by Gasteiger charge is 2.58.